The maximum Gasteiger partial charge on any atom is 0.243 e. The molecule has 2 fully saturated rings. The largest absolute Gasteiger partial charge is 0.376 e. The van der Waals surface area contributed by atoms with Gasteiger partial charge in [0.1, 0.15) is 0 Å². The summed E-state index contributed by atoms with van der Waals surface area (Å²) in [6.45, 7) is 4.92. The van der Waals surface area contributed by atoms with Crippen molar-refractivity contribution in [2.24, 2.45) is 10.9 Å². The summed E-state index contributed by atoms with van der Waals surface area (Å²) < 4.78 is 36.0. The minimum Gasteiger partial charge on any atom is -0.376 e. The van der Waals surface area contributed by atoms with Gasteiger partial charge in [-0.2, -0.15) is 4.31 Å². The number of hydrogen-bond acceptors (Lipinski definition) is 5. The van der Waals surface area contributed by atoms with Gasteiger partial charge in [0.15, 0.2) is 4.80 Å². The van der Waals surface area contributed by atoms with Crippen LogP contribution in [0.2, 0.25) is 0 Å². The lowest BCUT2D eigenvalue weighted by molar-refractivity contribution is 0.0968. The molecule has 0 N–H and O–H groups in total. The lowest BCUT2D eigenvalue weighted by Gasteiger charge is -2.29. The monoisotopic (exact) mass is 497 g/mol. The number of ether oxygens (including phenoxy) is 1. The highest BCUT2D eigenvalue weighted by Crippen LogP contribution is 2.27. The Morgan fingerprint density at radius 3 is 2.44 bits per heavy atom. The number of benzene rings is 2. The van der Waals surface area contributed by atoms with Crippen molar-refractivity contribution < 1.29 is 13.2 Å². The highest BCUT2D eigenvalue weighted by atomic mass is 32.2. The topological polar surface area (TPSA) is 63.9 Å². The van der Waals surface area contributed by atoms with E-state index in [2.05, 4.69) is 16.9 Å². The van der Waals surface area contributed by atoms with Crippen LogP contribution >= 0.6 is 11.3 Å². The molecule has 0 saturated carbocycles. The summed E-state index contributed by atoms with van der Waals surface area (Å²) in [4.78, 5) is 6.15. The minimum absolute atomic E-state index is 0.171. The fourth-order valence-electron chi connectivity index (χ4n) is 4.60. The molecule has 3 heterocycles. The summed E-state index contributed by atoms with van der Waals surface area (Å²) in [5.74, 6) is 0.585. The zero-order valence-electron chi connectivity index (χ0n) is 19.5. The SMILES string of the molecule is CC1CCN(S(=O)(=O)c2ccc(-c3csc(=Nc4ccccc4)n3CC3CCCO3)cc2)CC1. The van der Waals surface area contributed by atoms with E-state index in [4.69, 9.17) is 9.73 Å². The smallest absolute Gasteiger partial charge is 0.243 e. The first-order chi connectivity index (χ1) is 16.5. The van der Waals surface area contributed by atoms with Gasteiger partial charge in [0.05, 0.1) is 28.9 Å². The van der Waals surface area contributed by atoms with Gasteiger partial charge < -0.3 is 9.30 Å². The molecule has 1 aromatic heterocycles. The van der Waals surface area contributed by atoms with Crippen LogP contribution in [0.25, 0.3) is 11.3 Å². The zero-order chi connectivity index (χ0) is 23.5. The standard InChI is InChI=1S/C26H31N3O3S2/c1-20-13-15-28(16-14-20)34(30,31)24-11-9-21(10-12-24)25-19-33-26(27-22-6-3-2-4-7-22)29(25)18-23-8-5-17-32-23/h2-4,6-7,9-12,19-20,23H,5,8,13-18H2,1H3. The average Bonchev–Trinajstić information content (AvgIpc) is 3.51. The van der Waals surface area contributed by atoms with Gasteiger partial charge >= 0.3 is 0 Å². The first-order valence-corrected chi connectivity index (χ1v) is 14.3. The van der Waals surface area contributed by atoms with Crippen LogP contribution in [0.15, 0.2) is 69.9 Å². The lowest BCUT2D eigenvalue weighted by atomic mass is 10.0. The molecule has 2 aliphatic heterocycles. The summed E-state index contributed by atoms with van der Waals surface area (Å²) in [5.41, 5.74) is 2.93. The number of para-hydroxylation sites is 1. The molecule has 34 heavy (non-hydrogen) atoms. The lowest BCUT2D eigenvalue weighted by Crippen LogP contribution is -2.37. The molecule has 0 aliphatic carbocycles. The van der Waals surface area contributed by atoms with Gasteiger partial charge in [-0.1, -0.05) is 37.3 Å². The maximum absolute atomic E-state index is 13.1. The van der Waals surface area contributed by atoms with Gasteiger partial charge in [0.25, 0.3) is 0 Å². The Balaban J connectivity index is 1.46. The molecule has 1 atom stereocenters. The second kappa shape index (κ2) is 10.2. The van der Waals surface area contributed by atoms with Gasteiger partial charge in [0.2, 0.25) is 10.0 Å². The Morgan fingerprint density at radius 2 is 1.76 bits per heavy atom. The summed E-state index contributed by atoms with van der Waals surface area (Å²) in [7, 11) is -3.46. The van der Waals surface area contributed by atoms with Gasteiger partial charge in [-0.05, 0) is 61.4 Å². The predicted octanol–water partition coefficient (Wildman–Crippen LogP) is 5.05. The molecule has 5 rings (SSSR count). The molecule has 2 aromatic carbocycles. The second-order valence-corrected chi connectivity index (χ2v) is 12.0. The van der Waals surface area contributed by atoms with E-state index >= 15 is 0 Å². The number of piperidine rings is 1. The average molecular weight is 498 g/mol. The number of nitrogens with zero attached hydrogens (tertiary/aromatic N) is 3. The van der Waals surface area contributed by atoms with Gasteiger partial charge in [-0.25, -0.2) is 13.4 Å². The number of rotatable bonds is 6. The summed E-state index contributed by atoms with van der Waals surface area (Å²) in [5, 5.41) is 2.10. The van der Waals surface area contributed by atoms with Gasteiger partial charge in [0, 0.05) is 25.1 Å². The molecule has 2 aliphatic rings. The highest BCUT2D eigenvalue weighted by Gasteiger charge is 2.28. The molecule has 8 heteroatoms. The number of thiazole rings is 1. The minimum atomic E-state index is -3.46. The number of hydrogen-bond donors (Lipinski definition) is 0. The summed E-state index contributed by atoms with van der Waals surface area (Å²) in [6, 6.07) is 17.3. The van der Waals surface area contributed by atoms with E-state index in [1.54, 1.807) is 27.8 Å². The van der Waals surface area contributed by atoms with Gasteiger partial charge in [-0.15, -0.1) is 11.3 Å². The third-order valence-corrected chi connectivity index (χ3v) is 9.50. The molecule has 0 bridgehead atoms. The first-order valence-electron chi connectivity index (χ1n) is 12.0. The van der Waals surface area contributed by atoms with E-state index in [0.717, 1.165) is 60.6 Å². The van der Waals surface area contributed by atoms with Crippen molar-refractivity contribution >= 4 is 27.0 Å². The number of aromatic nitrogens is 1. The van der Waals surface area contributed by atoms with Crippen LogP contribution in [0.1, 0.15) is 32.6 Å². The van der Waals surface area contributed by atoms with Crippen LogP contribution in [-0.4, -0.2) is 43.1 Å². The van der Waals surface area contributed by atoms with Crippen molar-refractivity contribution in [2.75, 3.05) is 19.7 Å². The predicted molar refractivity (Wildman–Crippen MR) is 136 cm³/mol. The van der Waals surface area contributed by atoms with E-state index in [1.807, 2.05) is 42.5 Å². The second-order valence-electron chi connectivity index (χ2n) is 9.21. The van der Waals surface area contributed by atoms with Crippen LogP contribution in [0.3, 0.4) is 0 Å². The maximum atomic E-state index is 13.1. The Hall–Kier alpha value is -2.26. The van der Waals surface area contributed by atoms with E-state index in [1.165, 1.54) is 0 Å². The van der Waals surface area contributed by atoms with Crippen molar-refractivity contribution in [1.82, 2.24) is 8.87 Å². The van der Waals surface area contributed by atoms with Crippen molar-refractivity contribution in [3.63, 3.8) is 0 Å². The molecule has 0 spiro atoms. The normalized spacial score (nSPS) is 20.7. The molecular weight excluding hydrogens is 466 g/mol. The third kappa shape index (κ3) is 5.05. The molecule has 180 valence electrons. The molecule has 3 aromatic rings. The Bertz CT molecular complexity index is 1270. The Morgan fingerprint density at radius 1 is 1.03 bits per heavy atom. The molecule has 0 amide bonds. The Labute approximate surface area is 205 Å². The quantitative estimate of drug-likeness (QED) is 0.479. The molecule has 2 saturated heterocycles. The Kier molecular flexibility index (Phi) is 7.01. The van der Waals surface area contributed by atoms with Crippen LogP contribution in [-0.2, 0) is 21.3 Å². The van der Waals surface area contributed by atoms with Crippen LogP contribution in [0.5, 0.6) is 0 Å². The fourth-order valence-corrected chi connectivity index (χ4v) is 7.01. The number of sulfonamides is 1. The zero-order valence-corrected chi connectivity index (χ0v) is 21.1. The van der Waals surface area contributed by atoms with Crippen LogP contribution in [0, 0.1) is 5.92 Å². The molecular formula is C26H31N3O3S2. The third-order valence-electron chi connectivity index (χ3n) is 6.72. The van der Waals surface area contributed by atoms with E-state index in [9.17, 15) is 8.42 Å². The molecule has 1 unspecified atom stereocenters. The van der Waals surface area contributed by atoms with E-state index < -0.39 is 10.0 Å². The first kappa shape index (κ1) is 23.5. The molecule has 6 nitrogen and oxygen atoms in total. The fraction of sp³-hybridized carbons (Fsp3) is 0.423. The van der Waals surface area contributed by atoms with E-state index in [0.29, 0.717) is 23.9 Å². The van der Waals surface area contributed by atoms with Crippen molar-refractivity contribution in [1.29, 1.82) is 0 Å². The van der Waals surface area contributed by atoms with E-state index in [-0.39, 0.29) is 6.10 Å². The van der Waals surface area contributed by atoms with Crippen molar-refractivity contribution in [3.8, 4) is 11.3 Å². The van der Waals surface area contributed by atoms with Crippen molar-refractivity contribution in [2.45, 2.75) is 50.2 Å². The van der Waals surface area contributed by atoms with Crippen LogP contribution in [0.4, 0.5) is 5.69 Å². The molecule has 0 radical (unpaired) electrons. The van der Waals surface area contributed by atoms with Crippen molar-refractivity contribution in [3.05, 3.63) is 64.8 Å². The van der Waals surface area contributed by atoms with Crippen LogP contribution < -0.4 is 4.80 Å². The van der Waals surface area contributed by atoms with Gasteiger partial charge in [-0.3, -0.25) is 0 Å². The summed E-state index contributed by atoms with van der Waals surface area (Å²) >= 11 is 1.60. The summed E-state index contributed by atoms with van der Waals surface area (Å²) in [6.07, 6.45) is 4.13. The highest BCUT2D eigenvalue weighted by molar-refractivity contribution is 7.89.